The second-order valence-electron chi connectivity index (χ2n) is 2.94. The first-order valence-corrected chi connectivity index (χ1v) is 5.12. The van der Waals surface area contributed by atoms with E-state index >= 15 is 0 Å². The van der Waals surface area contributed by atoms with E-state index in [0.717, 1.165) is 12.8 Å². The number of alkyl halides is 1. The molecule has 0 aromatic carbocycles. The Morgan fingerprint density at radius 1 is 1.40 bits per heavy atom. The lowest BCUT2D eigenvalue weighted by atomic mass is 9.98. The molecule has 0 rings (SSSR count). The molecule has 1 nitrogen and oxygen atoms in total. The van der Waals surface area contributed by atoms with Crippen molar-refractivity contribution < 1.29 is 5.11 Å². The third kappa shape index (κ3) is 4.50. The van der Waals surface area contributed by atoms with Crippen molar-refractivity contribution in [1.82, 2.24) is 0 Å². The summed E-state index contributed by atoms with van der Waals surface area (Å²) in [6.07, 6.45) is 1.48. The fourth-order valence-electron chi connectivity index (χ4n) is 0.815. The Hall–Kier alpha value is 0.690. The van der Waals surface area contributed by atoms with Gasteiger partial charge in [-0.25, -0.2) is 5.11 Å². The van der Waals surface area contributed by atoms with Crippen LogP contribution in [0.5, 0.6) is 0 Å². The van der Waals surface area contributed by atoms with Crippen molar-refractivity contribution in [2.24, 2.45) is 5.92 Å². The van der Waals surface area contributed by atoms with Gasteiger partial charge in [0.1, 0.15) is 0 Å². The second kappa shape index (κ2) is 5.35. The third-order valence-electron chi connectivity index (χ3n) is 1.84. The van der Waals surface area contributed by atoms with Crippen LogP contribution >= 0.6 is 22.6 Å². The lowest BCUT2D eigenvalue weighted by molar-refractivity contribution is 0.0363. The van der Waals surface area contributed by atoms with Crippen LogP contribution in [-0.4, -0.2) is 10.0 Å². The molecule has 2 heteroatoms. The topological polar surface area (TPSA) is 19.9 Å². The van der Waals surface area contributed by atoms with Crippen LogP contribution in [0.3, 0.4) is 0 Å². The Labute approximate surface area is 77.3 Å². The van der Waals surface area contributed by atoms with Gasteiger partial charge in [-0.1, -0.05) is 49.8 Å². The minimum Gasteiger partial charge on any atom is -0.233 e. The van der Waals surface area contributed by atoms with E-state index in [1.54, 1.807) is 0 Å². The number of rotatable bonds is 4. The minimum absolute atomic E-state index is 0.345. The van der Waals surface area contributed by atoms with E-state index in [0.29, 0.717) is 9.84 Å². The predicted octanol–water partition coefficient (Wildman–Crippen LogP) is 3.05. The van der Waals surface area contributed by atoms with Crippen LogP contribution in [0, 0.1) is 5.92 Å². The lowest BCUT2D eigenvalue weighted by Gasteiger charge is -2.15. The fourth-order valence-corrected chi connectivity index (χ4v) is 1.32. The molecule has 1 radical (unpaired) electrons. The van der Waals surface area contributed by atoms with Crippen molar-refractivity contribution in [3.63, 3.8) is 0 Å². The van der Waals surface area contributed by atoms with Gasteiger partial charge in [0, 0.05) is 3.92 Å². The summed E-state index contributed by atoms with van der Waals surface area (Å²) < 4.78 is 0.522. The Kier molecular flexibility index (Phi) is 5.72. The molecule has 3 atom stereocenters. The molecule has 0 aromatic rings. The van der Waals surface area contributed by atoms with Gasteiger partial charge in [-0.2, -0.15) is 0 Å². The molecule has 0 amide bonds. The highest BCUT2D eigenvalue weighted by atomic mass is 127. The molecular weight excluding hydrogens is 239 g/mol. The molecule has 0 bridgehead atoms. The number of hydrogen-bond donors (Lipinski definition) is 0. The van der Waals surface area contributed by atoms with Crippen LogP contribution in [0.2, 0.25) is 0 Å². The van der Waals surface area contributed by atoms with Gasteiger partial charge in [-0.15, -0.1) is 0 Å². The molecule has 0 aliphatic heterocycles. The molecule has 0 heterocycles. The maximum Gasteiger partial charge on any atom is 0.0965 e. The number of halogens is 1. The van der Waals surface area contributed by atoms with Crippen LogP contribution < -0.4 is 0 Å². The van der Waals surface area contributed by atoms with Crippen molar-refractivity contribution in [2.75, 3.05) is 0 Å². The maximum atomic E-state index is 11.3. The highest BCUT2D eigenvalue weighted by Gasteiger charge is 2.15. The highest BCUT2D eigenvalue weighted by Crippen LogP contribution is 2.16. The highest BCUT2D eigenvalue weighted by molar-refractivity contribution is 14.1. The number of hydrogen-bond acceptors (Lipinski definition) is 0. The largest absolute Gasteiger partial charge is 0.233 e. The van der Waals surface area contributed by atoms with Gasteiger partial charge in [0.15, 0.2) is 0 Å². The molecule has 10 heavy (non-hydrogen) atoms. The molecule has 0 saturated carbocycles. The van der Waals surface area contributed by atoms with Gasteiger partial charge in [0.05, 0.1) is 6.10 Å². The summed E-state index contributed by atoms with van der Waals surface area (Å²) in [5.74, 6) is 0.345. The van der Waals surface area contributed by atoms with E-state index in [1.807, 2.05) is 6.92 Å². The van der Waals surface area contributed by atoms with Crippen LogP contribution in [-0.2, 0) is 5.11 Å². The summed E-state index contributed by atoms with van der Waals surface area (Å²) in [5, 5.41) is 11.3. The molecule has 0 aromatic heterocycles. The Balaban J connectivity index is 3.50. The van der Waals surface area contributed by atoms with Crippen LogP contribution in [0.25, 0.3) is 0 Å². The molecule has 0 fully saturated rings. The summed E-state index contributed by atoms with van der Waals surface area (Å²) in [7, 11) is 0. The Bertz CT molecular complexity index is 83.3. The zero-order chi connectivity index (χ0) is 8.15. The molecule has 3 unspecified atom stereocenters. The molecule has 0 N–H and O–H groups in total. The molecule has 61 valence electrons. The van der Waals surface area contributed by atoms with Crippen LogP contribution in [0.15, 0.2) is 0 Å². The Morgan fingerprint density at radius 3 is 2.20 bits per heavy atom. The van der Waals surface area contributed by atoms with E-state index in [-0.39, 0.29) is 6.10 Å². The van der Waals surface area contributed by atoms with E-state index in [2.05, 4.69) is 36.4 Å². The van der Waals surface area contributed by atoms with Crippen molar-refractivity contribution in [3.05, 3.63) is 0 Å². The summed E-state index contributed by atoms with van der Waals surface area (Å²) in [4.78, 5) is 0. The summed E-state index contributed by atoms with van der Waals surface area (Å²) in [6, 6.07) is 0. The van der Waals surface area contributed by atoms with Gasteiger partial charge in [0.2, 0.25) is 0 Å². The average molecular weight is 255 g/mol. The van der Waals surface area contributed by atoms with Gasteiger partial charge >= 0.3 is 0 Å². The van der Waals surface area contributed by atoms with Crippen molar-refractivity contribution in [2.45, 2.75) is 43.6 Å². The molecule has 0 spiro atoms. The van der Waals surface area contributed by atoms with Crippen LogP contribution in [0.4, 0.5) is 0 Å². The molecule has 0 aliphatic rings. The first-order valence-electron chi connectivity index (χ1n) is 3.87. The maximum absolute atomic E-state index is 11.3. The quantitative estimate of drug-likeness (QED) is 0.543. The van der Waals surface area contributed by atoms with Gasteiger partial charge < -0.3 is 0 Å². The van der Waals surface area contributed by atoms with E-state index < -0.39 is 0 Å². The minimum atomic E-state index is -0.350. The summed E-state index contributed by atoms with van der Waals surface area (Å²) in [6.45, 7) is 6.21. The zero-order valence-electron chi connectivity index (χ0n) is 6.93. The lowest BCUT2D eigenvalue weighted by Crippen LogP contribution is -2.18. The van der Waals surface area contributed by atoms with Crippen LogP contribution in [0.1, 0.15) is 33.6 Å². The van der Waals surface area contributed by atoms with Gasteiger partial charge in [-0.3, -0.25) is 0 Å². The van der Waals surface area contributed by atoms with Crippen molar-refractivity contribution >= 4 is 22.6 Å². The van der Waals surface area contributed by atoms with E-state index in [4.69, 9.17) is 0 Å². The normalized spacial score (nSPS) is 20.1. The first kappa shape index (κ1) is 10.7. The monoisotopic (exact) mass is 255 g/mol. The molecular formula is C8H16IO. The van der Waals surface area contributed by atoms with E-state index in [9.17, 15) is 5.11 Å². The standard InChI is InChI=1S/C8H16IO/c1-4-6(2)8(10)5-7(3)9/h6-8H,4-5H2,1-3H3. The first-order chi connectivity index (χ1) is 4.57. The summed E-state index contributed by atoms with van der Waals surface area (Å²) in [5.41, 5.74) is 0. The van der Waals surface area contributed by atoms with Gasteiger partial charge in [-0.05, 0) is 12.3 Å². The zero-order valence-corrected chi connectivity index (χ0v) is 9.09. The predicted molar refractivity (Wildman–Crippen MR) is 52.0 cm³/mol. The van der Waals surface area contributed by atoms with E-state index in [1.165, 1.54) is 0 Å². The summed E-state index contributed by atoms with van der Waals surface area (Å²) >= 11 is 2.31. The smallest absolute Gasteiger partial charge is 0.0965 e. The molecule has 0 saturated heterocycles. The van der Waals surface area contributed by atoms with Gasteiger partial charge in [0.25, 0.3) is 0 Å². The van der Waals surface area contributed by atoms with Crippen molar-refractivity contribution in [1.29, 1.82) is 0 Å². The van der Waals surface area contributed by atoms with Crippen molar-refractivity contribution in [3.8, 4) is 0 Å². The fraction of sp³-hybridized carbons (Fsp3) is 1.00. The molecule has 0 aliphatic carbocycles. The Morgan fingerprint density at radius 2 is 1.90 bits per heavy atom. The second-order valence-corrected chi connectivity index (χ2v) is 5.07. The third-order valence-corrected chi connectivity index (χ3v) is 2.34. The SMILES string of the molecule is CCC(C)C([O])CC(C)I. The average Bonchev–Trinajstić information content (AvgIpc) is 1.85.